The van der Waals surface area contributed by atoms with Crippen molar-refractivity contribution in [3.63, 3.8) is 0 Å². The summed E-state index contributed by atoms with van der Waals surface area (Å²) in [5.74, 6) is -0.788. The van der Waals surface area contributed by atoms with E-state index in [0.29, 0.717) is 6.54 Å². The van der Waals surface area contributed by atoms with Gasteiger partial charge in [-0.15, -0.1) is 0 Å². The molecule has 7 heteroatoms. The number of rotatable bonds is 3. The molecule has 0 spiro atoms. The molecule has 1 aromatic rings. The van der Waals surface area contributed by atoms with Gasteiger partial charge in [0, 0.05) is 12.1 Å². The number of halogens is 2. The minimum Gasteiger partial charge on any atom is -0.373 e. The highest BCUT2D eigenvalue weighted by molar-refractivity contribution is 6.31. The Labute approximate surface area is 108 Å². The van der Waals surface area contributed by atoms with Crippen LogP contribution in [0.2, 0.25) is 5.02 Å². The summed E-state index contributed by atoms with van der Waals surface area (Å²) in [5, 5.41) is 17.0. The van der Waals surface area contributed by atoms with Crippen molar-refractivity contribution >= 4 is 23.0 Å². The van der Waals surface area contributed by atoms with Gasteiger partial charge in [-0.3, -0.25) is 10.1 Å². The molecule has 98 valence electrons. The van der Waals surface area contributed by atoms with Gasteiger partial charge in [-0.1, -0.05) is 11.6 Å². The fourth-order valence-electron chi connectivity index (χ4n) is 2.04. The first-order valence-corrected chi connectivity index (χ1v) is 5.91. The maximum absolute atomic E-state index is 13.3. The Hall–Kier alpha value is -1.40. The molecule has 1 heterocycles. The van der Waals surface area contributed by atoms with Crippen LogP contribution in [0.15, 0.2) is 12.1 Å². The molecule has 5 nitrogen and oxygen atoms in total. The van der Waals surface area contributed by atoms with Crippen molar-refractivity contribution in [2.45, 2.75) is 18.9 Å². The van der Waals surface area contributed by atoms with Gasteiger partial charge >= 0.3 is 0 Å². The topological polar surface area (TPSA) is 67.2 Å². The second kappa shape index (κ2) is 4.70. The molecule has 0 bridgehead atoms. The molecule has 1 aliphatic rings. The number of nitro benzene ring substituents is 1. The highest BCUT2D eigenvalue weighted by Gasteiger charge is 2.31. The summed E-state index contributed by atoms with van der Waals surface area (Å²) in [6.45, 7) is 3.49. The molecule has 2 rings (SSSR count). The third-order valence-electron chi connectivity index (χ3n) is 3.04. The van der Waals surface area contributed by atoms with Crippen LogP contribution in [0.25, 0.3) is 0 Å². The summed E-state index contributed by atoms with van der Waals surface area (Å²) < 4.78 is 13.3. The van der Waals surface area contributed by atoms with E-state index < -0.39 is 10.7 Å². The van der Waals surface area contributed by atoms with E-state index in [0.717, 1.165) is 19.0 Å². The Balaban J connectivity index is 2.36. The van der Waals surface area contributed by atoms with Crippen molar-refractivity contribution in [3.8, 4) is 0 Å². The number of anilines is 1. The van der Waals surface area contributed by atoms with Gasteiger partial charge in [-0.25, -0.2) is 4.39 Å². The molecular formula is C11H13ClFN3O2. The van der Waals surface area contributed by atoms with Crippen LogP contribution in [0.3, 0.4) is 0 Å². The molecule has 1 aromatic carbocycles. The minimum atomic E-state index is -0.788. The lowest BCUT2D eigenvalue weighted by atomic mass is 10.0. The van der Waals surface area contributed by atoms with E-state index in [1.807, 2.05) is 6.92 Å². The molecule has 0 saturated carbocycles. The summed E-state index contributed by atoms with van der Waals surface area (Å²) >= 11 is 5.67. The maximum Gasteiger partial charge on any atom is 0.295 e. The van der Waals surface area contributed by atoms with Crippen LogP contribution in [0.4, 0.5) is 15.8 Å². The molecule has 1 unspecified atom stereocenters. The van der Waals surface area contributed by atoms with E-state index in [9.17, 15) is 14.5 Å². The van der Waals surface area contributed by atoms with Crippen LogP contribution < -0.4 is 10.6 Å². The number of benzene rings is 1. The summed E-state index contributed by atoms with van der Waals surface area (Å²) in [7, 11) is 0. The molecule has 18 heavy (non-hydrogen) atoms. The molecule has 0 aromatic heterocycles. The molecule has 2 N–H and O–H groups in total. The first-order chi connectivity index (χ1) is 8.41. The van der Waals surface area contributed by atoms with Crippen molar-refractivity contribution < 1.29 is 9.31 Å². The zero-order chi connectivity index (χ0) is 13.3. The van der Waals surface area contributed by atoms with Crippen molar-refractivity contribution in [2.75, 3.05) is 18.4 Å². The highest BCUT2D eigenvalue weighted by Crippen LogP contribution is 2.33. The van der Waals surface area contributed by atoms with Gasteiger partial charge in [0.05, 0.1) is 16.0 Å². The zero-order valence-electron chi connectivity index (χ0n) is 9.80. The highest BCUT2D eigenvalue weighted by atomic mass is 35.5. The third-order valence-corrected chi connectivity index (χ3v) is 3.33. The van der Waals surface area contributed by atoms with Crippen LogP contribution in [0, 0.1) is 15.9 Å². The molecular weight excluding hydrogens is 261 g/mol. The number of nitrogens with zero attached hydrogens (tertiary/aromatic N) is 1. The number of hydrogen-bond acceptors (Lipinski definition) is 4. The summed E-state index contributed by atoms with van der Waals surface area (Å²) in [5.41, 5.74) is -0.339. The fourth-order valence-corrected chi connectivity index (χ4v) is 2.20. The van der Waals surface area contributed by atoms with Crippen LogP contribution in [0.1, 0.15) is 13.3 Å². The molecule has 1 atom stereocenters. The van der Waals surface area contributed by atoms with Crippen molar-refractivity contribution in [2.24, 2.45) is 0 Å². The summed E-state index contributed by atoms with van der Waals surface area (Å²) in [6, 6.07) is 2.11. The summed E-state index contributed by atoms with van der Waals surface area (Å²) in [4.78, 5) is 10.3. The SMILES string of the molecule is CC1(Nc2cc(Cl)c(F)cc2[N+](=O)[O-])CCNC1. The van der Waals surface area contributed by atoms with E-state index >= 15 is 0 Å². The van der Waals surface area contributed by atoms with Gasteiger partial charge < -0.3 is 10.6 Å². The molecule has 1 fully saturated rings. The smallest absolute Gasteiger partial charge is 0.295 e. The lowest BCUT2D eigenvalue weighted by Crippen LogP contribution is -2.37. The van der Waals surface area contributed by atoms with E-state index in [1.54, 1.807) is 0 Å². The second-order valence-electron chi connectivity index (χ2n) is 4.65. The Morgan fingerprint density at radius 2 is 2.33 bits per heavy atom. The number of nitrogens with one attached hydrogen (secondary N) is 2. The van der Waals surface area contributed by atoms with Crippen LogP contribution in [0.5, 0.6) is 0 Å². The predicted molar refractivity (Wildman–Crippen MR) is 67.6 cm³/mol. The van der Waals surface area contributed by atoms with Crippen molar-refractivity contribution in [3.05, 3.63) is 33.1 Å². The number of nitro groups is 1. The molecule has 0 aliphatic carbocycles. The van der Waals surface area contributed by atoms with Crippen LogP contribution >= 0.6 is 11.6 Å². The average Bonchev–Trinajstić information content (AvgIpc) is 2.69. The minimum absolute atomic E-state index is 0.127. The first-order valence-electron chi connectivity index (χ1n) is 5.54. The molecule has 0 amide bonds. The fraction of sp³-hybridized carbons (Fsp3) is 0.455. The van der Waals surface area contributed by atoms with Gasteiger partial charge in [-0.05, 0) is 26.0 Å². The van der Waals surface area contributed by atoms with Crippen LogP contribution in [-0.4, -0.2) is 23.6 Å². The quantitative estimate of drug-likeness (QED) is 0.656. The van der Waals surface area contributed by atoms with Gasteiger partial charge in [0.15, 0.2) is 0 Å². The predicted octanol–water partition coefficient (Wildman–Crippen LogP) is 2.55. The standard InChI is InChI=1S/C11H13ClFN3O2/c1-11(2-3-14-6-11)15-9-4-7(12)8(13)5-10(9)16(17)18/h4-5,14-15H,2-3,6H2,1H3. The van der Waals surface area contributed by atoms with E-state index in [-0.39, 0.29) is 21.9 Å². The van der Waals surface area contributed by atoms with E-state index in [2.05, 4.69) is 10.6 Å². The van der Waals surface area contributed by atoms with Gasteiger partial charge in [-0.2, -0.15) is 0 Å². The monoisotopic (exact) mass is 273 g/mol. The normalized spacial score (nSPS) is 23.1. The van der Waals surface area contributed by atoms with Crippen molar-refractivity contribution in [1.82, 2.24) is 5.32 Å². The Bertz CT molecular complexity index is 489. The van der Waals surface area contributed by atoms with Crippen molar-refractivity contribution in [1.29, 1.82) is 0 Å². The average molecular weight is 274 g/mol. The maximum atomic E-state index is 13.3. The lowest BCUT2D eigenvalue weighted by molar-refractivity contribution is -0.384. The van der Waals surface area contributed by atoms with Gasteiger partial charge in [0.2, 0.25) is 0 Å². The number of hydrogen-bond donors (Lipinski definition) is 2. The Morgan fingerprint density at radius 1 is 1.61 bits per heavy atom. The van der Waals surface area contributed by atoms with E-state index in [4.69, 9.17) is 11.6 Å². The molecule has 1 aliphatic heterocycles. The summed E-state index contributed by atoms with van der Waals surface area (Å²) in [6.07, 6.45) is 0.832. The Morgan fingerprint density at radius 3 is 2.89 bits per heavy atom. The lowest BCUT2D eigenvalue weighted by Gasteiger charge is -2.25. The van der Waals surface area contributed by atoms with Crippen LogP contribution in [-0.2, 0) is 0 Å². The first kappa shape index (κ1) is 13.0. The largest absolute Gasteiger partial charge is 0.373 e. The van der Waals surface area contributed by atoms with E-state index in [1.165, 1.54) is 6.07 Å². The molecule has 1 saturated heterocycles. The second-order valence-corrected chi connectivity index (χ2v) is 5.06. The van der Waals surface area contributed by atoms with Gasteiger partial charge in [0.1, 0.15) is 11.5 Å². The zero-order valence-corrected chi connectivity index (χ0v) is 10.6. The van der Waals surface area contributed by atoms with Gasteiger partial charge in [0.25, 0.3) is 5.69 Å². The molecule has 0 radical (unpaired) electrons. The Kier molecular flexibility index (Phi) is 3.41. The third kappa shape index (κ3) is 2.54.